The second-order valence-electron chi connectivity index (χ2n) is 8.25. The zero-order valence-corrected chi connectivity index (χ0v) is 20.4. The molecular weight excluding hydrogens is 448 g/mol. The van der Waals surface area contributed by atoms with Crippen LogP contribution in [0, 0.1) is 6.92 Å². The van der Waals surface area contributed by atoms with Crippen molar-refractivity contribution >= 4 is 23.4 Å². The molecule has 34 heavy (non-hydrogen) atoms. The second-order valence-corrected chi connectivity index (χ2v) is 8.69. The number of carbonyl (C=O) groups is 2. The number of aryl methyl sites for hydroxylation is 1. The normalized spacial score (nSPS) is 11.5. The van der Waals surface area contributed by atoms with Crippen LogP contribution in [0.3, 0.4) is 0 Å². The molecule has 3 aromatic carbocycles. The van der Waals surface area contributed by atoms with Crippen LogP contribution in [0.25, 0.3) is 0 Å². The van der Waals surface area contributed by atoms with Gasteiger partial charge in [-0.15, -0.1) is 0 Å². The Kier molecular flexibility index (Phi) is 9.53. The summed E-state index contributed by atoms with van der Waals surface area (Å²) in [7, 11) is 0. The minimum absolute atomic E-state index is 0.170. The Bertz CT molecular complexity index is 1090. The summed E-state index contributed by atoms with van der Waals surface area (Å²) in [6, 6.07) is 23.9. The lowest BCUT2D eigenvalue weighted by molar-refractivity contribution is -0.142. The fourth-order valence-electron chi connectivity index (χ4n) is 3.69. The van der Waals surface area contributed by atoms with E-state index in [1.807, 2.05) is 86.6 Å². The van der Waals surface area contributed by atoms with E-state index in [4.69, 9.17) is 16.3 Å². The van der Waals surface area contributed by atoms with E-state index in [9.17, 15) is 9.59 Å². The van der Waals surface area contributed by atoms with Crippen LogP contribution in [-0.4, -0.2) is 35.9 Å². The van der Waals surface area contributed by atoms with Crippen molar-refractivity contribution in [3.63, 3.8) is 0 Å². The predicted octanol–water partition coefficient (Wildman–Crippen LogP) is 5.19. The highest BCUT2D eigenvalue weighted by molar-refractivity contribution is 6.30. The first-order valence-electron chi connectivity index (χ1n) is 11.5. The van der Waals surface area contributed by atoms with Crippen molar-refractivity contribution in [2.24, 2.45) is 0 Å². The molecule has 0 aliphatic carbocycles. The highest BCUT2D eigenvalue weighted by atomic mass is 35.5. The van der Waals surface area contributed by atoms with Gasteiger partial charge in [-0.1, -0.05) is 73.1 Å². The quantitative estimate of drug-likeness (QED) is 0.412. The monoisotopic (exact) mass is 478 g/mol. The van der Waals surface area contributed by atoms with Crippen molar-refractivity contribution in [1.29, 1.82) is 0 Å². The topological polar surface area (TPSA) is 58.6 Å². The third-order valence-corrected chi connectivity index (χ3v) is 5.65. The Morgan fingerprint density at radius 1 is 0.971 bits per heavy atom. The van der Waals surface area contributed by atoms with E-state index in [1.165, 1.54) is 0 Å². The zero-order chi connectivity index (χ0) is 24.3. The number of hydrogen-bond donors (Lipinski definition) is 1. The van der Waals surface area contributed by atoms with Crippen LogP contribution in [0.2, 0.25) is 5.02 Å². The van der Waals surface area contributed by atoms with Crippen molar-refractivity contribution in [3.8, 4) is 5.75 Å². The van der Waals surface area contributed by atoms with Crippen molar-refractivity contribution in [2.75, 3.05) is 13.2 Å². The number of halogens is 1. The van der Waals surface area contributed by atoms with Crippen LogP contribution < -0.4 is 10.1 Å². The number of carbonyl (C=O) groups excluding carboxylic acids is 2. The molecule has 5 nitrogen and oxygen atoms in total. The molecule has 1 N–H and O–H groups in total. The molecule has 0 spiro atoms. The van der Waals surface area contributed by atoms with Crippen LogP contribution in [0.1, 0.15) is 30.0 Å². The van der Waals surface area contributed by atoms with Crippen LogP contribution in [0.4, 0.5) is 0 Å². The largest absolute Gasteiger partial charge is 0.484 e. The molecule has 0 unspecified atom stereocenters. The molecule has 0 bridgehead atoms. The summed E-state index contributed by atoms with van der Waals surface area (Å²) in [5, 5.41) is 3.55. The third kappa shape index (κ3) is 7.63. The summed E-state index contributed by atoms with van der Waals surface area (Å²) in [5.41, 5.74) is 2.86. The summed E-state index contributed by atoms with van der Waals surface area (Å²) >= 11 is 6.20. The number of hydrogen-bond acceptors (Lipinski definition) is 3. The fraction of sp³-hybridized carbons (Fsp3) is 0.286. The molecule has 0 radical (unpaired) electrons. The third-order valence-electron chi connectivity index (χ3n) is 5.41. The number of amides is 2. The smallest absolute Gasteiger partial charge is 0.261 e. The molecule has 2 amide bonds. The van der Waals surface area contributed by atoms with Gasteiger partial charge < -0.3 is 15.0 Å². The van der Waals surface area contributed by atoms with Gasteiger partial charge in [-0.25, -0.2) is 0 Å². The number of nitrogens with zero attached hydrogens (tertiary/aromatic N) is 1. The van der Waals surface area contributed by atoms with Gasteiger partial charge in [-0.05, 0) is 54.3 Å². The molecule has 0 aliphatic rings. The van der Waals surface area contributed by atoms with Gasteiger partial charge in [0, 0.05) is 24.5 Å². The average molecular weight is 479 g/mol. The van der Waals surface area contributed by atoms with Gasteiger partial charge in [0.25, 0.3) is 5.91 Å². The van der Waals surface area contributed by atoms with Crippen LogP contribution in [0.15, 0.2) is 78.9 Å². The van der Waals surface area contributed by atoms with E-state index in [2.05, 4.69) is 5.32 Å². The van der Waals surface area contributed by atoms with E-state index >= 15 is 0 Å². The maximum Gasteiger partial charge on any atom is 0.261 e. The van der Waals surface area contributed by atoms with E-state index in [1.54, 1.807) is 11.0 Å². The van der Waals surface area contributed by atoms with Crippen molar-refractivity contribution in [3.05, 3.63) is 101 Å². The van der Waals surface area contributed by atoms with Gasteiger partial charge in [0.2, 0.25) is 5.91 Å². The lowest BCUT2D eigenvalue weighted by Gasteiger charge is -2.31. The maximum atomic E-state index is 13.5. The van der Waals surface area contributed by atoms with Gasteiger partial charge >= 0.3 is 0 Å². The van der Waals surface area contributed by atoms with Crippen LogP contribution >= 0.6 is 11.6 Å². The first-order valence-corrected chi connectivity index (χ1v) is 11.9. The van der Waals surface area contributed by atoms with Gasteiger partial charge in [0.15, 0.2) is 6.61 Å². The van der Waals surface area contributed by atoms with E-state index in [-0.39, 0.29) is 25.0 Å². The molecule has 3 rings (SSSR count). The standard InChI is InChI=1S/C28H31ClN2O3/c1-3-15-30-28(33)26(18-22-10-5-4-6-11-22)31(19-23-12-8-13-24(29)17-23)27(32)20-34-25-14-7-9-21(2)16-25/h4-14,16-17,26H,3,15,18-20H2,1-2H3,(H,30,33)/t26-/m1/s1. The molecule has 1 atom stereocenters. The Hall–Kier alpha value is -3.31. The highest BCUT2D eigenvalue weighted by Gasteiger charge is 2.30. The maximum absolute atomic E-state index is 13.5. The average Bonchev–Trinajstić information content (AvgIpc) is 2.84. The second kappa shape index (κ2) is 12.8. The Morgan fingerprint density at radius 3 is 2.41 bits per heavy atom. The molecule has 0 saturated heterocycles. The lowest BCUT2D eigenvalue weighted by Crippen LogP contribution is -2.51. The summed E-state index contributed by atoms with van der Waals surface area (Å²) in [4.78, 5) is 28.3. The number of ether oxygens (including phenoxy) is 1. The molecular formula is C28H31ClN2O3. The fourth-order valence-corrected chi connectivity index (χ4v) is 3.90. The van der Waals surface area contributed by atoms with Crippen molar-refractivity contribution in [2.45, 2.75) is 39.3 Å². The lowest BCUT2D eigenvalue weighted by atomic mass is 10.0. The molecule has 0 saturated carbocycles. The SMILES string of the molecule is CCCNC(=O)[C@@H](Cc1ccccc1)N(Cc1cccc(Cl)c1)C(=O)COc1cccc(C)c1. The molecule has 178 valence electrons. The van der Waals surface area contributed by atoms with Gasteiger partial charge in [0.05, 0.1) is 0 Å². The molecule has 0 heterocycles. The summed E-state index contributed by atoms with van der Waals surface area (Å²) < 4.78 is 5.80. The molecule has 0 aromatic heterocycles. The van der Waals surface area contributed by atoms with Gasteiger partial charge in [0.1, 0.15) is 11.8 Å². The Morgan fingerprint density at radius 2 is 1.71 bits per heavy atom. The summed E-state index contributed by atoms with van der Waals surface area (Å²) in [6.07, 6.45) is 1.20. The van der Waals surface area contributed by atoms with E-state index in [0.29, 0.717) is 23.7 Å². The van der Waals surface area contributed by atoms with Crippen LogP contribution in [0.5, 0.6) is 5.75 Å². The number of benzene rings is 3. The highest BCUT2D eigenvalue weighted by Crippen LogP contribution is 2.19. The first-order chi connectivity index (χ1) is 16.5. The number of rotatable bonds is 11. The minimum atomic E-state index is -0.693. The molecule has 3 aromatic rings. The first kappa shape index (κ1) is 25.3. The summed E-state index contributed by atoms with van der Waals surface area (Å²) in [6.45, 7) is 4.58. The van der Waals surface area contributed by atoms with E-state index < -0.39 is 6.04 Å². The zero-order valence-electron chi connectivity index (χ0n) is 19.7. The van der Waals surface area contributed by atoms with Gasteiger partial charge in [-0.2, -0.15) is 0 Å². The van der Waals surface area contributed by atoms with Crippen molar-refractivity contribution < 1.29 is 14.3 Å². The minimum Gasteiger partial charge on any atom is -0.484 e. The predicted molar refractivity (Wildman–Crippen MR) is 136 cm³/mol. The van der Waals surface area contributed by atoms with E-state index in [0.717, 1.165) is 23.1 Å². The molecule has 0 fully saturated rings. The number of nitrogens with one attached hydrogen (secondary N) is 1. The molecule has 6 heteroatoms. The Labute approximate surface area is 206 Å². The van der Waals surface area contributed by atoms with Crippen molar-refractivity contribution in [1.82, 2.24) is 10.2 Å². The molecule has 0 aliphatic heterocycles. The Balaban J connectivity index is 1.89. The summed E-state index contributed by atoms with van der Waals surface area (Å²) in [5.74, 6) is 0.164. The van der Waals surface area contributed by atoms with Crippen LogP contribution in [-0.2, 0) is 22.6 Å². The van der Waals surface area contributed by atoms with Gasteiger partial charge in [-0.3, -0.25) is 9.59 Å².